The lowest BCUT2D eigenvalue weighted by molar-refractivity contribution is -0.268. The molecule has 0 aliphatic rings. The van der Waals surface area contributed by atoms with E-state index in [1.165, 1.54) is 18.2 Å². The van der Waals surface area contributed by atoms with Crippen LogP contribution in [0.5, 0.6) is 5.75 Å². The highest BCUT2D eigenvalue weighted by Crippen LogP contribution is 2.34. The van der Waals surface area contributed by atoms with Crippen molar-refractivity contribution in [3.05, 3.63) is 54.1 Å². The first kappa shape index (κ1) is 11.3. The van der Waals surface area contributed by atoms with Crippen LogP contribution >= 0.6 is 0 Å². The average molecular weight is 253 g/mol. The van der Waals surface area contributed by atoms with E-state index >= 15 is 0 Å². The van der Waals surface area contributed by atoms with Crippen molar-refractivity contribution in [3.63, 3.8) is 0 Å². The van der Waals surface area contributed by atoms with Crippen molar-refractivity contribution in [2.45, 2.75) is 0 Å². The first-order chi connectivity index (χ1) is 9.16. The number of aromatic carboxylic acids is 1. The molecule has 19 heavy (non-hydrogen) atoms. The molecule has 4 heteroatoms. The molecule has 3 aromatic rings. The molecule has 94 valence electrons. The Balaban J connectivity index is 2.36. The number of rotatable bonds is 2. The van der Waals surface area contributed by atoms with Crippen LogP contribution in [0.4, 0.5) is 0 Å². The topological polar surface area (TPSA) is 73.5 Å². The highest BCUT2D eigenvalue weighted by Gasteiger charge is 2.20. The monoisotopic (exact) mass is 253 g/mol. The fraction of sp³-hybridized carbons (Fsp3) is 0. The summed E-state index contributed by atoms with van der Waals surface area (Å²) in [5.41, 5.74) is 1.10. The second-order valence-corrected chi connectivity index (χ2v) is 4.14. The van der Waals surface area contributed by atoms with Gasteiger partial charge in [0.2, 0.25) is 0 Å². The van der Waals surface area contributed by atoms with Gasteiger partial charge in [-0.3, -0.25) is 0 Å². The first-order valence-electron chi connectivity index (χ1n) is 5.69. The first-order valence-corrected chi connectivity index (χ1v) is 5.69. The van der Waals surface area contributed by atoms with Gasteiger partial charge in [-0.2, -0.15) is 0 Å². The predicted molar refractivity (Wildman–Crippen MR) is 68.1 cm³/mol. The maximum Gasteiger partial charge on any atom is 0.340 e. The third-order valence-electron chi connectivity index (χ3n) is 2.91. The summed E-state index contributed by atoms with van der Waals surface area (Å²) in [6, 6.07) is 13.1. The van der Waals surface area contributed by atoms with Gasteiger partial charge in [-0.1, -0.05) is 42.5 Å². The average Bonchev–Trinajstić information content (AvgIpc) is 2.78. The van der Waals surface area contributed by atoms with Gasteiger partial charge in [-0.25, -0.2) is 4.79 Å². The molecule has 0 radical (unpaired) electrons. The number of furan rings is 1. The predicted octanol–water partition coefficient (Wildman–Crippen LogP) is 2.87. The van der Waals surface area contributed by atoms with E-state index in [1.54, 1.807) is 24.3 Å². The third-order valence-corrected chi connectivity index (χ3v) is 2.91. The fourth-order valence-corrected chi connectivity index (χ4v) is 2.08. The van der Waals surface area contributed by atoms with E-state index in [1.807, 2.05) is 6.07 Å². The van der Waals surface area contributed by atoms with Gasteiger partial charge < -0.3 is 14.6 Å². The van der Waals surface area contributed by atoms with E-state index in [0.29, 0.717) is 16.5 Å². The summed E-state index contributed by atoms with van der Waals surface area (Å²) in [7, 11) is 0. The van der Waals surface area contributed by atoms with Crippen LogP contribution in [-0.4, -0.2) is 11.1 Å². The Morgan fingerprint density at radius 3 is 2.53 bits per heavy atom. The normalized spacial score (nSPS) is 10.7. The maximum atomic E-state index is 11.4. The molecule has 0 aliphatic heterocycles. The molecule has 0 saturated carbocycles. The Kier molecular flexibility index (Phi) is 2.49. The van der Waals surface area contributed by atoms with Crippen molar-refractivity contribution in [1.29, 1.82) is 0 Å². The van der Waals surface area contributed by atoms with Gasteiger partial charge in [0.05, 0.1) is 0 Å². The van der Waals surface area contributed by atoms with Gasteiger partial charge in [0.1, 0.15) is 16.9 Å². The number of carbonyl (C=O) groups is 1. The summed E-state index contributed by atoms with van der Waals surface area (Å²) in [6.45, 7) is 0. The zero-order chi connectivity index (χ0) is 13.4. The molecule has 1 N–H and O–H groups in total. The quantitative estimate of drug-likeness (QED) is 0.762. The molecule has 1 aromatic heterocycles. The summed E-state index contributed by atoms with van der Waals surface area (Å²) < 4.78 is 5.58. The Morgan fingerprint density at radius 2 is 1.84 bits per heavy atom. The van der Waals surface area contributed by atoms with Gasteiger partial charge in [0.25, 0.3) is 0 Å². The van der Waals surface area contributed by atoms with Gasteiger partial charge in [-0.05, 0) is 6.07 Å². The van der Waals surface area contributed by atoms with Crippen molar-refractivity contribution < 1.29 is 19.4 Å². The van der Waals surface area contributed by atoms with Crippen LogP contribution in [0.2, 0.25) is 0 Å². The van der Waals surface area contributed by atoms with E-state index in [9.17, 15) is 15.0 Å². The molecule has 2 aromatic carbocycles. The minimum Gasteiger partial charge on any atom is -0.872 e. The van der Waals surface area contributed by atoms with Gasteiger partial charge >= 0.3 is 5.97 Å². The van der Waals surface area contributed by atoms with Crippen LogP contribution in [0.3, 0.4) is 0 Å². The van der Waals surface area contributed by atoms with Gasteiger partial charge in [0.15, 0.2) is 0 Å². The molecule has 1 heterocycles. The lowest BCUT2D eigenvalue weighted by Gasteiger charge is -2.02. The summed E-state index contributed by atoms with van der Waals surface area (Å²) in [4.78, 5) is 11.4. The van der Waals surface area contributed by atoms with Crippen LogP contribution in [0.25, 0.3) is 22.3 Å². The lowest BCUT2D eigenvalue weighted by Crippen LogP contribution is -1.97. The van der Waals surface area contributed by atoms with Crippen molar-refractivity contribution in [2.24, 2.45) is 0 Å². The van der Waals surface area contributed by atoms with Crippen molar-refractivity contribution >= 4 is 16.9 Å². The molecule has 3 rings (SSSR count). The summed E-state index contributed by atoms with van der Waals surface area (Å²) >= 11 is 0. The number of carboxylic acid groups (broad SMARTS) is 1. The summed E-state index contributed by atoms with van der Waals surface area (Å²) in [6.07, 6.45) is 0. The number of hydrogen-bond acceptors (Lipinski definition) is 3. The smallest absolute Gasteiger partial charge is 0.340 e. The van der Waals surface area contributed by atoms with Gasteiger partial charge in [0, 0.05) is 10.9 Å². The molecule has 0 amide bonds. The van der Waals surface area contributed by atoms with E-state index in [0.717, 1.165) is 0 Å². The van der Waals surface area contributed by atoms with Crippen LogP contribution in [0.15, 0.2) is 52.9 Å². The molecular weight excluding hydrogens is 244 g/mol. The highest BCUT2D eigenvalue weighted by atomic mass is 16.4. The Morgan fingerprint density at radius 1 is 1.11 bits per heavy atom. The van der Waals surface area contributed by atoms with Crippen molar-refractivity contribution in [3.8, 4) is 17.1 Å². The van der Waals surface area contributed by atoms with E-state index in [-0.39, 0.29) is 17.1 Å². The Hall–Kier alpha value is -2.75. The maximum absolute atomic E-state index is 11.4. The minimum absolute atomic E-state index is 0.0268. The van der Waals surface area contributed by atoms with Crippen molar-refractivity contribution in [2.75, 3.05) is 0 Å². The molecule has 0 spiro atoms. The van der Waals surface area contributed by atoms with E-state index in [2.05, 4.69) is 0 Å². The second-order valence-electron chi connectivity index (χ2n) is 4.14. The Labute approximate surface area is 108 Å². The SMILES string of the molecule is O=C(O)c1c(-c2ccccc2)oc2ccc([O-])cc12. The zero-order valence-corrected chi connectivity index (χ0v) is 9.79. The lowest BCUT2D eigenvalue weighted by atomic mass is 10.1. The Bertz CT molecular complexity index is 756. The molecule has 0 fully saturated rings. The van der Waals surface area contributed by atoms with Crippen LogP contribution in [0, 0.1) is 0 Å². The largest absolute Gasteiger partial charge is 0.872 e. The molecule has 0 atom stereocenters. The van der Waals surface area contributed by atoms with Crippen LogP contribution in [-0.2, 0) is 0 Å². The number of fused-ring (bicyclic) bond motifs is 1. The standard InChI is InChI=1S/C15H10O4/c16-10-6-7-12-11(8-10)13(15(17)18)14(19-12)9-4-2-1-3-5-9/h1-8,16H,(H,17,18)/p-1. The molecule has 0 saturated heterocycles. The van der Waals surface area contributed by atoms with Crippen LogP contribution in [0.1, 0.15) is 10.4 Å². The number of benzene rings is 2. The number of hydrogen-bond donors (Lipinski definition) is 1. The molecule has 4 nitrogen and oxygen atoms in total. The fourth-order valence-electron chi connectivity index (χ4n) is 2.08. The molecule has 0 bridgehead atoms. The van der Waals surface area contributed by atoms with E-state index < -0.39 is 5.97 Å². The van der Waals surface area contributed by atoms with Crippen molar-refractivity contribution in [1.82, 2.24) is 0 Å². The molecular formula is C15H9O4-. The van der Waals surface area contributed by atoms with Crippen LogP contribution < -0.4 is 5.11 Å². The number of carboxylic acids is 1. The summed E-state index contributed by atoms with van der Waals surface area (Å²) in [5, 5.41) is 21.0. The molecule has 0 aliphatic carbocycles. The molecule has 0 unspecified atom stereocenters. The minimum atomic E-state index is -1.11. The van der Waals surface area contributed by atoms with Gasteiger partial charge in [-0.15, -0.1) is 5.75 Å². The second kappa shape index (κ2) is 4.17. The third kappa shape index (κ3) is 1.83. The zero-order valence-electron chi connectivity index (χ0n) is 9.79. The summed E-state index contributed by atoms with van der Waals surface area (Å²) in [5.74, 6) is -1.08. The van der Waals surface area contributed by atoms with E-state index in [4.69, 9.17) is 4.42 Å². The highest BCUT2D eigenvalue weighted by molar-refractivity contribution is 6.08.